The summed E-state index contributed by atoms with van der Waals surface area (Å²) in [4.78, 5) is 46.7. The molecule has 4 aliphatic rings. The van der Waals surface area contributed by atoms with Crippen LogP contribution in [0.4, 0.5) is 0 Å². The van der Waals surface area contributed by atoms with E-state index in [1.807, 2.05) is 25.7 Å². The van der Waals surface area contributed by atoms with Gasteiger partial charge >= 0.3 is 0 Å². The smallest absolute Gasteiger partial charge is 0.242 e. The van der Waals surface area contributed by atoms with Crippen molar-refractivity contribution in [2.24, 2.45) is 0 Å². The van der Waals surface area contributed by atoms with Gasteiger partial charge in [-0.2, -0.15) is 0 Å². The fourth-order valence-electron chi connectivity index (χ4n) is 3.69. The predicted molar refractivity (Wildman–Crippen MR) is 118 cm³/mol. The van der Waals surface area contributed by atoms with Gasteiger partial charge in [0.05, 0.1) is 11.8 Å². The second-order valence-corrected chi connectivity index (χ2v) is 7.97. The van der Waals surface area contributed by atoms with Crippen molar-refractivity contribution in [1.82, 2.24) is 21.3 Å². The third kappa shape index (κ3) is 8.93. The summed E-state index contributed by atoms with van der Waals surface area (Å²) in [5, 5.41) is 11.1. The van der Waals surface area contributed by atoms with Crippen LogP contribution in [-0.2, 0) is 36.2 Å². The molecule has 2 unspecified atom stereocenters. The summed E-state index contributed by atoms with van der Waals surface area (Å²) in [7, 11) is 0. The minimum Gasteiger partial charge on any atom is -0.354 e. The molecule has 2 aliphatic carbocycles. The van der Waals surface area contributed by atoms with Gasteiger partial charge in [0.15, 0.2) is 0 Å². The third-order valence-electron chi connectivity index (χ3n) is 5.53. The van der Waals surface area contributed by atoms with Crippen molar-refractivity contribution >= 4 is 23.6 Å². The summed E-state index contributed by atoms with van der Waals surface area (Å²) >= 11 is 0. The molecular formula is C24H30FeN4O4. The van der Waals surface area contributed by atoms with Gasteiger partial charge in [0.1, 0.15) is 12.1 Å². The molecule has 33 heavy (non-hydrogen) atoms. The molecule has 10 radical (unpaired) electrons. The number of hydrogen-bond donors (Lipinski definition) is 4. The quantitative estimate of drug-likeness (QED) is 0.422. The molecule has 2 heterocycles. The van der Waals surface area contributed by atoms with E-state index in [1.54, 1.807) is 25.7 Å². The summed E-state index contributed by atoms with van der Waals surface area (Å²) in [5.41, 5.74) is 0. The number of hydrogen-bond acceptors (Lipinski definition) is 4. The van der Waals surface area contributed by atoms with Crippen molar-refractivity contribution in [3.63, 3.8) is 0 Å². The molecule has 4 rings (SSSR count). The Balaban J connectivity index is 0.000000227. The van der Waals surface area contributed by atoms with Gasteiger partial charge in [0.25, 0.3) is 0 Å². The predicted octanol–water partition coefficient (Wildman–Crippen LogP) is 0.351. The Bertz CT molecular complexity index is 607. The van der Waals surface area contributed by atoms with Gasteiger partial charge in [-0.3, -0.25) is 19.2 Å². The standard InChI is InChI=1S/2C12H15N2O2.Fe/c2*15-11(9-5-1-2-6-9)14-10-7-3-4-8-13-12(10)16;/h2*1-2,5-6,10H,3-4,7-8H2,(H,13,16)(H,14,15);. The molecule has 2 atom stereocenters. The molecule has 0 aromatic carbocycles. The van der Waals surface area contributed by atoms with Crippen LogP contribution in [0, 0.1) is 63.2 Å². The van der Waals surface area contributed by atoms with Gasteiger partial charge in [0.2, 0.25) is 23.6 Å². The Morgan fingerprint density at radius 3 is 1.39 bits per heavy atom. The fourth-order valence-corrected chi connectivity index (χ4v) is 3.69. The molecule has 9 heteroatoms. The van der Waals surface area contributed by atoms with Crippen LogP contribution in [0.1, 0.15) is 38.5 Å². The van der Waals surface area contributed by atoms with E-state index in [2.05, 4.69) is 21.3 Å². The van der Waals surface area contributed by atoms with E-state index in [-0.39, 0.29) is 52.8 Å². The normalized spacial score (nSPS) is 26.4. The second-order valence-electron chi connectivity index (χ2n) is 7.97. The molecule has 178 valence electrons. The minimum absolute atomic E-state index is 0. The van der Waals surface area contributed by atoms with Crippen LogP contribution in [0.15, 0.2) is 0 Å². The van der Waals surface area contributed by atoms with Gasteiger partial charge in [0, 0.05) is 30.2 Å². The Morgan fingerprint density at radius 1 is 0.667 bits per heavy atom. The largest absolute Gasteiger partial charge is 0.354 e. The van der Waals surface area contributed by atoms with Crippen molar-refractivity contribution in [2.75, 3.05) is 13.1 Å². The van der Waals surface area contributed by atoms with E-state index in [0.29, 0.717) is 24.9 Å². The summed E-state index contributed by atoms with van der Waals surface area (Å²) < 4.78 is 0. The number of carbonyl (C=O) groups excluding carboxylic acids is 4. The van der Waals surface area contributed by atoms with Crippen molar-refractivity contribution < 1.29 is 36.2 Å². The van der Waals surface area contributed by atoms with Crippen molar-refractivity contribution in [3.8, 4) is 0 Å². The Morgan fingerprint density at radius 2 is 1.03 bits per heavy atom. The SMILES string of the molecule is O=C(NC1CCCCNC1=O)[C]1[CH][CH][CH][CH]1.O=C(NC1CCCCNC1=O)[C]1[CH][CH][CH][CH]1.[Fe]. The maximum Gasteiger partial charge on any atom is 0.242 e. The molecular weight excluding hydrogens is 464 g/mol. The van der Waals surface area contributed by atoms with E-state index in [4.69, 9.17) is 0 Å². The van der Waals surface area contributed by atoms with Crippen LogP contribution in [0.2, 0.25) is 0 Å². The Kier molecular flexibility index (Phi) is 12.2. The maximum absolute atomic E-state index is 11.7. The first-order valence-electron chi connectivity index (χ1n) is 11.1. The first-order valence-corrected chi connectivity index (χ1v) is 11.1. The summed E-state index contributed by atoms with van der Waals surface area (Å²) in [5.74, 6) is 0.725. The number of amides is 4. The number of rotatable bonds is 4. The second kappa shape index (κ2) is 14.6. The molecule has 2 aliphatic heterocycles. The van der Waals surface area contributed by atoms with E-state index in [1.165, 1.54) is 0 Å². The summed E-state index contributed by atoms with van der Waals surface area (Å²) in [6.45, 7) is 1.42. The van der Waals surface area contributed by atoms with Crippen LogP contribution < -0.4 is 21.3 Å². The molecule has 0 bridgehead atoms. The molecule has 4 N–H and O–H groups in total. The average molecular weight is 494 g/mol. The van der Waals surface area contributed by atoms with Gasteiger partial charge in [-0.25, -0.2) is 0 Å². The molecule has 4 amide bonds. The van der Waals surface area contributed by atoms with Crippen LogP contribution in [0.25, 0.3) is 0 Å². The van der Waals surface area contributed by atoms with Crippen LogP contribution in [0.5, 0.6) is 0 Å². The molecule has 0 aromatic rings. The number of carbonyl (C=O) groups is 4. The average Bonchev–Trinajstić information content (AvgIpc) is 3.45. The Labute approximate surface area is 208 Å². The zero-order valence-corrected chi connectivity index (χ0v) is 19.5. The van der Waals surface area contributed by atoms with E-state index >= 15 is 0 Å². The molecule has 2 saturated heterocycles. The number of nitrogens with one attached hydrogen (secondary N) is 4. The van der Waals surface area contributed by atoms with Crippen LogP contribution in [-0.4, -0.2) is 48.8 Å². The van der Waals surface area contributed by atoms with Crippen LogP contribution in [0.3, 0.4) is 0 Å². The van der Waals surface area contributed by atoms with E-state index < -0.39 is 0 Å². The third-order valence-corrected chi connectivity index (χ3v) is 5.53. The van der Waals surface area contributed by atoms with Gasteiger partial charge in [-0.1, -0.05) is 0 Å². The molecule has 0 spiro atoms. The first-order chi connectivity index (χ1) is 15.5. The van der Waals surface area contributed by atoms with E-state index in [9.17, 15) is 19.2 Å². The zero-order chi connectivity index (χ0) is 22.8. The fraction of sp³-hybridized carbons (Fsp3) is 0.417. The zero-order valence-electron chi connectivity index (χ0n) is 18.4. The molecule has 0 aromatic heterocycles. The summed E-state index contributed by atoms with van der Waals surface area (Å²) in [6.07, 6.45) is 19.5. The van der Waals surface area contributed by atoms with Gasteiger partial charge < -0.3 is 21.3 Å². The summed E-state index contributed by atoms with van der Waals surface area (Å²) in [6, 6.07) is -0.769. The topological polar surface area (TPSA) is 116 Å². The van der Waals surface area contributed by atoms with Crippen molar-refractivity contribution in [1.29, 1.82) is 0 Å². The monoisotopic (exact) mass is 494 g/mol. The van der Waals surface area contributed by atoms with Crippen molar-refractivity contribution in [2.45, 2.75) is 50.6 Å². The van der Waals surface area contributed by atoms with Gasteiger partial charge in [-0.05, 0) is 89.9 Å². The van der Waals surface area contributed by atoms with E-state index in [0.717, 1.165) is 38.5 Å². The maximum atomic E-state index is 11.7. The molecule has 8 nitrogen and oxygen atoms in total. The first kappa shape index (κ1) is 27.6. The minimum atomic E-state index is -0.384. The van der Waals surface area contributed by atoms with Gasteiger partial charge in [-0.15, -0.1) is 0 Å². The molecule has 4 fully saturated rings. The Hall–Kier alpha value is -1.60. The molecule has 2 saturated carbocycles. The van der Waals surface area contributed by atoms with Crippen molar-refractivity contribution in [3.05, 3.63) is 63.2 Å². The van der Waals surface area contributed by atoms with Crippen LogP contribution >= 0.6 is 0 Å².